The van der Waals surface area contributed by atoms with Crippen molar-refractivity contribution in [1.29, 1.82) is 0 Å². The van der Waals surface area contributed by atoms with Crippen LogP contribution < -0.4 is 10.6 Å². The van der Waals surface area contributed by atoms with Crippen LogP contribution in [0.15, 0.2) is 24.3 Å². The van der Waals surface area contributed by atoms with Crippen molar-refractivity contribution in [3.8, 4) is 0 Å². The Morgan fingerprint density at radius 1 is 1.33 bits per heavy atom. The van der Waals surface area contributed by atoms with Gasteiger partial charge in [0.05, 0.1) is 0 Å². The molecule has 2 N–H and O–H groups in total. The van der Waals surface area contributed by atoms with Crippen molar-refractivity contribution in [1.82, 2.24) is 10.6 Å². The molecule has 0 atom stereocenters. The average molecular weight is 206 g/mol. The second-order valence-electron chi connectivity index (χ2n) is 3.53. The third-order valence-corrected chi connectivity index (χ3v) is 2.12. The van der Waals surface area contributed by atoms with E-state index in [0.717, 1.165) is 6.42 Å². The Hall–Kier alpha value is -1.51. The molecule has 0 aliphatic carbocycles. The van der Waals surface area contributed by atoms with E-state index in [9.17, 15) is 4.79 Å². The van der Waals surface area contributed by atoms with Gasteiger partial charge in [-0.2, -0.15) is 0 Å². The molecule has 0 bridgehead atoms. The van der Waals surface area contributed by atoms with Crippen molar-refractivity contribution in [3.05, 3.63) is 35.4 Å². The van der Waals surface area contributed by atoms with Gasteiger partial charge in [-0.25, -0.2) is 4.79 Å². The Balaban J connectivity index is 2.28. The summed E-state index contributed by atoms with van der Waals surface area (Å²) in [6.45, 7) is 5.31. The number of carbonyl (C=O) groups is 1. The molecule has 0 aromatic heterocycles. The standard InChI is InChI=1S/C12H18N2O/c1-3-13-12(15)14-8-7-11-6-4-5-10(2)9-11/h4-6,9H,3,7-8H2,1-2H3,(H2,13,14,15). The lowest BCUT2D eigenvalue weighted by molar-refractivity contribution is 0.241. The SMILES string of the molecule is CCNC(=O)NCCc1cccc(C)c1. The van der Waals surface area contributed by atoms with Crippen LogP contribution in [0.3, 0.4) is 0 Å². The van der Waals surface area contributed by atoms with Gasteiger partial charge in [0, 0.05) is 13.1 Å². The largest absolute Gasteiger partial charge is 0.338 e. The lowest BCUT2D eigenvalue weighted by atomic mass is 10.1. The fraction of sp³-hybridized carbons (Fsp3) is 0.417. The molecule has 0 radical (unpaired) electrons. The molecule has 82 valence electrons. The van der Waals surface area contributed by atoms with Crippen LogP contribution >= 0.6 is 0 Å². The zero-order valence-electron chi connectivity index (χ0n) is 9.34. The van der Waals surface area contributed by atoms with Crippen LogP contribution in [-0.4, -0.2) is 19.1 Å². The number of urea groups is 1. The Kier molecular flexibility index (Phi) is 4.68. The quantitative estimate of drug-likeness (QED) is 0.775. The van der Waals surface area contributed by atoms with E-state index in [1.54, 1.807) is 0 Å². The summed E-state index contributed by atoms with van der Waals surface area (Å²) in [5, 5.41) is 5.49. The van der Waals surface area contributed by atoms with Gasteiger partial charge in [0.2, 0.25) is 0 Å². The van der Waals surface area contributed by atoms with E-state index in [-0.39, 0.29) is 6.03 Å². The summed E-state index contributed by atoms with van der Waals surface area (Å²) >= 11 is 0. The van der Waals surface area contributed by atoms with Crippen LogP contribution in [0.4, 0.5) is 4.79 Å². The van der Waals surface area contributed by atoms with Crippen molar-refractivity contribution in [2.45, 2.75) is 20.3 Å². The first-order valence-corrected chi connectivity index (χ1v) is 5.29. The van der Waals surface area contributed by atoms with Gasteiger partial charge in [-0.3, -0.25) is 0 Å². The van der Waals surface area contributed by atoms with Crippen LogP contribution in [0.5, 0.6) is 0 Å². The smallest absolute Gasteiger partial charge is 0.314 e. The van der Waals surface area contributed by atoms with Crippen LogP contribution in [-0.2, 0) is 6.42 Å². The molecule has 3 nitrogen and oxygen atoms in total. The van der Waals surface area contributed by atoms with Gasteiger partial charge < -0.3 is 10.6 Å². The van der Waals surface area contributed by atoms with Crippen molar-refractivity contribution >= 4 is 6.03 Å². The van der Waals surface area contributed by atoms with E-state index in [0.29, 0.717) is 13.1 Å². The van der Waals surface area contributed by atoms with E-state index in [4.69, 9.17) is 0 Å². The van der Waals surface area contributed by atoms with E-state index < -0.39 is 0 Å². The topological polar surface area (TPSA) is 41.1 Å². The normalized spacial score (nSPS) is 9.73. The number of hydrogen-bond donors (Lipinski definition) is 2. The molecular weight excluding hydrogens is 188 g/mol. The van der Waals surface area contributed by atoms with Gasteiger partial charge in [-0.15, -0.1) is 0 Å². The summed E-state index contributed by atoms with van der Waals surface area (Å²) in [6.07, 6.45) is 0.874. The van der Waals surface area contributed by atoms with Gasteiger partial charge >= 0.3 is 6.03 Å². The van der Waals surface area contributed by atoms with Crippen LogP contribution in [0.25, 0.3) is 0 Å². The highest BCUT2D eigenvalue weighted by Crippen LogP contribution is 2.03. The summed E-state index contributed by atoms with van der Waals surface area (Å²) in [5.41, 5.74) is 2.51. The highest BCUT2D eigenvalue weighted by molar-refractivity contribution is 5.73. The van der Waals surface area contributed by atoms with Crippen LogP contribution in [0, 0.1) is 6.92 Å². The molecule has 0 fully saturated rings. The second-order valence-corrected chi connectivity index (χ2v) is 3.53. The number of rotatable bonds is 4. The van der Waals surface area contributed by atoms with E-state index in [1.807, 2.05) is 13.0 Å². The molecule has 0 heterocycles. The summed E-state index contributed by atoms with van der Waals surface area (Å²) < 4.78 is 0. The van der Waals surface area contributed by atoms with E-state index >= 15 is 0 Å². The van der Waals surface area contributed by atoms with E-state index in [1.165, 1.54) is 11.1 Å². The minimum absolute atomic E-state index is 0.0925. The van der Waals surface area contributed by atoms with E-state index in [2.05, 4.69) is 35.8 Å². The monoisotopic (exact) mass is 206 g/mol. The van der Waals surface area contributed by atoms with Gasteiger partial charge in [0.1, 0.15) is 0 Å². The Morgan fingerprint density at radius 2 is 2.13 bits per heavy atom. The molecule has 0 unspecified atom stereocenters. The first-order valence-electron chi connectivity index (χ1n) is 5.29. The number of carbonyl (C=O) groups excluding carboxylic acids is 1. The Morgan fingerprint density at radius 3 is 2.80 bits per heavy atom. The van der Waals surface area contributed by atoms with Crippen LogP contribution in [0.2, 0.25) is 0 Å². The summed E-state index contributed by atoms with van der Waals surface area (Å²) in [6, 6.07) is 8.23. The molecule has 1 rings (SSSR count). The summed E-state index contributed by atoms with van der Waals surface area (Å²) in [7, 11) is 0. The molecule has 0 spiro atoms. The maximum Gasteiger partial charge on any atom is 0.314 e. The lowest BCUT2D eigenvalue weighted by Gasteiger charge is -2.06. The number of aryl methyl sites for hydroxylation is 1. The highest BCUT2D eigenvalue weighted by atomic mass is 16.2. The first kappa shape index (κ1) is 11.6. The van der Waals surface area contributed by atoms with Crippen LogP contribution in [0.1, 0.15) is 18.1 Å². The zero-order chi connectivity index (χ0) is 11.1. The second kappa shape index (κ2) is 6.06. The number of amides is 2. The average Bonchev–Trinajstić information content (AvgIpc) is 2.18. The molecule has 1 aromatic rings. The highest BCUT2D eigenvalue weighted by Gasteiger charge is 1.97. The third kappa shape index (κ3) is 4.49. The summed E-state index contributed by atoms with van der Waals surface area (Å²) in [5.74, 6) is 0. The predicted octanol–water partition coefficient (Wildman–Crippen LogP) is 1.86. The van der Waals surface area contributed by atoms with Crippen molar-refractivity contribution in [3.63, 3.8) is 0 Å². The van der Waals surface area contributed by atoms with Gasteiger partial charge in [-0.05, 0) is 25.8 Å². The molecule has 1 aromatic carbocycles. The fourth-order valence-electron chi connectivity index (χ4n) is 1.41. The maximum absolute atomic E-state index is 11.1. The van der Waals surface area contributed by atoms with Crippen molar-refractivity contribution in [2.24, 2.45) is 0 Å². The molecule has 3 heteroatoms. The Bertz CT molecular complexity index is 323. The van der Waals surface area contributed by atoms with Gasteiger partial charge in [0.25, 0.3) is 0 Å². The first-order chi connectivity index (χ1) is 7.22. The van der Waals surface area contributed by atoms with Gasteiger partial charge in [0.15, 0.2) is 0 Å². The maximum atomic E-state index is 11.1. The van der Waals surface area contributed by atoms with Gasteiger partial charge in [-0.1, -0.05) is 29.8 Å². The minimum atomic E-state index is -0.0925. The third-order valence-electron chi connectivity index (χ3n) is 2.12. The predicted molar refractivity (Wildman–Crippen MR) is 62.0 cm³/mol. The molecule has 15 heavy (non-hydrogen) atoms. The molecule has 0 saturated carbocycles. The lowest BCUT2D eigenvalue weighted by Crippen LogP contribution is -2.36. The van der Waals surface area contributed by atoms with Crippen molar-refractivity contribution in [2.75, 3.05) is 13.1 Å². The summed E-state index contributed by atoms with van der Waals surface area (Å²) in [4.78, 5) is 11.1. The molecular formula is C12H18N2O. The Labute approximate surface area is 90.9 Å². The molecule has 0 saturated heterocycles. The minimum Gasteiger partial charge on any atom is -0.338 e. The number of nitrogens with one attached hydrogen (secondary N) is 2. The molecule has 0 aliphatic heterocycles. The number of benzene rings is 1. The molecule has 0 aliphatic rings. The zero-order valence-corrected chi connectivity index (χ0v) is 9.34. The number of hydrogen-bond acceptors (Lipinski definition) is 1. The van der Waals surface area contributed by atoms with Crippen molar-refractivity contribution < 1.29 is 4.79 Å². The molecule has 2 amide bonds. The fourth-order valence-corrected chi connectivity index (χ4v) is 1.41.